The highest BCUT2D eigenvalue weighted by Gasteiger charge is 2.17. The number of hydrogen-bond donors (Lipinski definition) is 1. The van der Waals surface area contributed by atoms with Crippen molar-refractivity contribution in [3.8, 4) is 28.5 Å². The number of thioether (sulfide) groups is 1. The number of hydrogen-bond acceptors (Lipinski definition) is 4. The maximum Gasteiger partial charge on any atom is 0.234 e. The number of nitriles is 1. The Morgan fingerprint density at radius 1 is 0.939 bits per heavy atom. The van der Waals surface area contributed by atoms with Gasteiger partial charge in [0.15, 0.2) is 0 Å². The zero-order valence-electron chi connectivity index (χ0n) is 18.5. The van der Waals surface area contributed by atoms with Crippen LogP contribution in [0.4, 0.5) is 5.69 Å². The molecule has 0 radical (unpaired) electrons. The van der Waals surface area contributed by atoms with E-state index in [0.29, 0.717) is 10.6 Å². The minimum Gasteiger partial charge on any atom is -0.325 e. The molecule has 1 N–H and O–H groups in total. The van der Waals surface area contributed by atoms with Crippen molar-refractivity contribution in [3.63, 3.8) is 0 Å². The molecule has 0 aliphatic rings. The van der Waals surface area contributed by atoms with Gasteiger partial charge in [-0.15, -0.1) is 0 Å². The van der Waals surface area contributed by atoms with Crippen LogP contribution in [0, 0.1) is 25.2 Å². The molecule has 1 aromatic heterocycles. The largest absolute Gasteiger partial charge is 0.325 e. The molecule has 1 amide bonds. The summed E-state index contributed by atoms with van der Waals surface area (Å²) in [6.07, 6.45) is 0. The van der Waals surface area contributed by atoms with E-state index in [2.05, 4.69) is 11.4 Å². The number of aromatic nitrogens is 1. The van der Waals surface area contributed by atoms with Crippen molar-refractivity contribution in [1.82, 2.24) is 4.98 Å². The summed E-state index contributed by atoms with van der Waals surface area (Å²) in [7, 11) is 0. The van der Waals surface area contributed by atoms with Crippen LogP contribution in [-0.2, 0) is 4.79 Å². The SMILES string of the molecule is Cc1ccc(-c2cc(-c3ccccc3)c(C#N)c(SCC(=O)Nc3ccccc3C)n2)cc1. The fraction of sp³-hybridized carbons (Fsp3) is 0.107. The Kier molecular flexibility index (Phi) is 6.87. The number of nitrogens with one attached hydrogen (secondary N) is 1. The molecule has 0 aliphatic carbocycles. The number of aryl methyl sites for hydroxylation is 2. The van der Waals surface area contributed by atoms with Crippen LogP contribution in [0.3, 0.4) is 0 Å². The second-order valence-corrected chi connectivity index (χ2v) is 8.69. The lowest BCUT2D eigenvalue weighted by Crippen LogP contribution is -2.15. The maximum absolute atomic E-state index is 12.6. The van der Waals surface area contributed by atoms with Gasteiger partial charge in [0.05, 0.1) is 17.0 Å². The van der Waals surface area contributed by atoms with Crippen LogP contribution in [0.2, 0.25) is 0 Å². The van der Waals surface area contributed by atoms with Crippen LogP contribution < -0.4 is 5.32 Å². The van der Waals surface area contributed by atoms with E-state index in [9.17, 15) is 10.1 Å². The van der Waals surface area contributed by atoms with Crippen molar-refractivity contribution in [2.24, 2.45) is 0 Å². The van der Waals surface area contributed by atoms with E-state index in [1.54, 1.807) is 0 Å². The summed E-state index contributed by atoms with van der Waals surface area (Å²) < 4.78 is 0. The molecule has 4 nitrogen and oxygen atoms in total. The zero-order valence-corrected chi connectivity index (χ0v) is 19.3. The summed E-state index contributed by atoms with van der Waals surface area (Å²) in [6.45, 7) is 4.00. The third-order valence-electron chi connectivity index (χ3n) is 5.29. The summed E-state index contributed by atoms with van der Waals surface area (Å²) in [5.41, 5.74) is 6.92. The molecular formula is C28H23N3OS. The molecule has 162 valence electrons. The fourth-order valence-corrected chi connectivity index (χ4v) is 4.29. The predicted molar refractivity (Wildman–Crippen MR) is 135 cm³/mol. The quantitative estimate of drug-likeness (QED) is 0.335. The van der Waals surface area contributed by atoms with Crippen LogP contribution in [0.25, 0.3) is 22.4 Å². The monoisotopic (exact) mass is 449 g/mol. The van der Waals surface area contributed by atoms with Crippen LogP contribution in [0.5, 0.6) is 0 Å². The molecule has 5 heteroatoms. The van der Waals surface area contributed by atoms with E-state index < -0.39 is 0 Å². The molecule has 3 aromatic carbocycles. The fourth-order valence-electron chi connectivity index (χ4n) is 3.49. The zero-order chi connectivity index (χ0) is 23.2. The van der Waals surface area contributed by atoms with Crippen LogP contribution in [-0.4, -0.2) is 16.6 Å². The van der Waals surface area contributed by atoms with Crippen molar-refractivity contribution in [3.05, 3.63) is 102 Å². The Hall–Kier alpha value is -3.88. The summed E-state index contributed by atoms with van der Waals surface area (Å²) in [6, 6.07) is 29.9. The van der Waals surface area contributed by atoms with Gasteiger partial charge in [-0.25, -0.2) is 4.98 Å². The molecule has 0 saturated heterocycles. The summed E-state index contributed by atoms with van der Waals surface area (Å²) >= 11 is 1.28. The van der Waals surface area contributed by atoms with Gasteiger partial charge in [0.1, 0.15) is 11.1 Å². The number of rotatable bonds is 6. The second kappa shape index (κ2) is 10.2. The van der Waals surface area contributed by atoms with Crippen molar-refractivity contribution in [1.29, 1.82) is 5.26 Å². The highest BCUT2D eigenvalue weighted by Crippen LogP contribution is 2.34. The molecule has 0 aliphatic heterocycles. The topological polar surface area (TPSA) is 65.8 Å². The number of anilines is 1. The van der Waals surface area contributed by atoms with E-state index >= 15 is 0 Å². The molecule has 0 saturated carbocycles. The number of benzene rings is 3. The Balaban J connectivity index is 1.69. The smallest absolute Gasteiger partial charge is 0.234 e. The van der Waals surface area contributed by atoms with Crippen LogP contribution in [0.1, 0.15) is 16.7 Å². The summed E-state index contributed by atoms with van der Waals surface area (Å²) in [4.78, 5) is 17.4. The van der Waals surface area contributed by atoms with Gasteiger partial charge in [-0.2, -0.15) is 5.26 Å². The van der Waals surface area contributed by atoms with Gasteiger partial charge in [0, 0.05) is 16.8 Å². The Morgan fingerprint density at radius 3 is 2.33 bits per heavy atom. The van der Waals surface area contributed by atoms with Crippen LogP contribution >= 0.6 is 11.8 Å². The van der Waals surface area contributed by atoms with E-state index in [4.69, 9.17) is 4.98 Å². The van der Waals surface area contributed by atoms with Gasteiger partial charge in [-0.1, -0.05) is 90.1 Å². The van der Waals surface area contributed by atoms with E-state index in [0.717, 1.165) is 39.2 Å². The van der Waals surface area contributed by atoms with E-state index in [1.165, 1.54) is 11.8 Å². The standard InChI is InChI=1S/C28H23N3OS/c1-19-12-14-22(15-13-19)26-16-23(21-9-4-3-5-10-21)24(17-29)28(31-26)33-18-27(32)30-25-11-7-6-8-20(25)2/h3-16H,18H2,1-2H3,(H,30,32). The van der Waals surface area contributed by atoms with Crippen molar-refractivity contribution in [2.75, 3.05) is 11.1 Å². The molecular weight excluding hydrogens is 426 g/mol. The van der Waals surface area contributed by atoms with Gasteiger partial charge < -0.3 is 5.32 Å². The Bertz CT molecular complexity index is 1330. The average Bonchev–Trinajstić information content (AvgIpc) is 2.84. The molecule has 0 atom stereocenters. The van der Waals surface area contributed by atoms with E-state index in [1.807, 2.05) is 98.8 Å². The highest BCUT2D eigenvalue weighted by molar-refractivity contribution is 8.00. The lowest BCUT2D eigenvalue weighted by molar-refractivity contribution is -0.113. The number of para-hydroxylation sites is 1. The van der Waals surface area contributed by atoms with Crippen LogP contribution in [0.15, 0.2) is 90.0 Å². The average molecular weight is 450 g/mol. The van der Waals surface area contributed by atoms with Gasteiger partial charge in [0.2, 0.25) is 5.91 Å². The maximum atomic E-state index is 12.6. The number of carbonyl (C=O) groups excluding carboxylic acids is 1. The van der Waals surface area contributed by atoms with Crippen molar-refractivity contribution >= 4 is 23.4 Å². The highest BCUT2D eigenvalue weighted by atomic mass is 32.2. The number of pyridine rings is 1. The normalized spacial score (nSPS) is 10.5. The molecule has 0 bridgehead atoms. The van der Waals surface area contributed by atoms with Gasteiger partial charge in [0.25, 0.3) is 0 Å². The van der Waals surface area contributed by atoms with Gasteiger partial charge in [-0.3, -0.25) is 4.79 Å². The molecule has 1 heterocycles. The molecule has 0 unspecified atom stereocenters. The molecule has 0 spiro atoms. The second-order valence-electron chi connectivity index (χ2n) is 7.73. The number of carbonyl (C=O) groups is 1. The molecule has 0 fully saturated rings. The summed E-state index contributed by atoms with van der Waals surface area (Å²) in [5, 5.41) is 13.5. The number of nitrogens with zero attached hydrogens (tertiary/aromatic N) is 2. The van der Waals surface area contributed by atoms with Crippen molar-refractivity contribution in [2.45, 2.75) is 18.9 Å². The van der Waals surface area contributed by atoms with E-state index in [-0.39, 0.29) is 11.7 Å². The molecule has 4 aromatic rings. The van der Waals surface area contributed by atoms with Crippen molar-refractivity contribution < 1.29 is 4.79 Å². The minimum absolute atomic E-state index is 0.137. The molecule has 4 rings (SSSR count). The lowest BCUT2D eigenvalue weighted by Gasteiger charge is -2.13. The van der Waals surface area contributed by atoms with Gasteiger partial charge >= 0.3 is 0 Å². The molecule has 33 heavy (non-hydrogen) atoms. The predicted octanol–water partition coefficient (Wildman–Crippen LogP) is 6.63. The Labute approximate surface area is 198 Å². The van der Waals surface area contributed by atoms with Gasteiger partial charge in [-0.05, 0) is 37.1 Å². The third kappa shape index (κ3) is 5.31. The Morgan fingerprint density at radius 2 is 1.64 bits per heavy atom. The first-order chi connectivity index (χ1) is 16.0. The first-order valence-electron chi connectivity index (χ1n) is 10.6. The first-order valence-corrected chi connectivity index (χ1v) is 11.6. The third-order valence-corrected chi connectivity index (χ3v) is 6.26. The number of amides is 1. The first kappa shape index (κ1) is 22.3. The lowest BCUT2D eigenvalue weighted by atomic mass is 9.99. The summed E-state index contributed by atoms with van der Waals surface area (Å²) in [5.74, 6) is 0.0173. The minimum atomic E-state index is -0.137.